The molecule has 1 unspecified atom stereocenters. The van der Waals surface area contributed by atoms with Crippen LogP contribution in [0.5, 0.6) is 0 Å². The van der Waals surface area contributed by atoms with Crippen molar-refractivity contribution in [1.82, 2.24) is 40.4 Å². The largest absolute Gasteiger partial charge is 0.453 e. The van der Waals surface area contributed by atoms with Crippen molar-refractivity contribution in [3.05, 3.63) is 84.7 Å². The summed E-state index contributed by atoms with van der Waals surface area (Å²) in [5.74, 6) is 2.22. The van der Waals surface area contributed by atoms with Gasteiger partial charge in [-0.3, -0.25) is 9.59 Å². The second-order valence-electron chi connectivity index (χ2n) is 17.3. The van der Waals surface area contributed by atoms with Gasteiger partial charge in [0.25, 0.3) is 0 Å². The molecule has 2 aliphatic heterocycles. The van der Waals surface area contributed by atoms with E-state index in [1.54, 1.807) is 0 Å². The van der Waals surface area contributed by atoms with E-state index in [0.29, 0.717) is 24.9 Å². The number of imidazole rings is 2. The minimum atomic E-state index is -0.588. The van der Waals surface area contributed by atoms with Crippen LogP contribution in [0, 0.1) is 23.7 Å². The number of methoxy groups -OCH3 is 2. The zero-order valence-electron chi connectivity index (χ0n) is 34.4. The number of H-pyrrole nitrogens is 2. The molecule has 14 heteroatoms. The monoisotopic (exact) mass is 812 g/mol. The van der Waals surface area contributed by atoms with E-state index < -0.39 is 24.3 Å². The number of nitrogens with zero attached hydrogens (tertiary/aromatic N) is 4. The van der Waals surface area contributed by atoms with Crippen molar-refractivity contribution in [2.75, 3.05) is 27.3 Å². The molecule has 4 amide bonds. The quantitative estimate of drug-likeness (QED) is 0.107. The second-order valence-corrected chi connectivity index (χ2v) is 17.3. The topological polar surface area (TPSA) is 175 Å². The van der Waals surface area contributed by atoms with Gasteiger partial charge < -0.3 is 39.9 Å². The zero-order valence-corrected chi connectivity index (χ0v) is 34.4. The average molecular weight is 813 g/mol. The molecule has 0 radical (unpaired) electrons. The van der Waals surface area contributed by atoms with E-state index in [-0.39, 0.29) is 35.7 Å². The van der Waals surface area contributed by atoms with Crippen molar-refractivity contribution in [2.24, 2.45) is 23.7 Å². The second kappa shape index (κ2) is 16.1. The maximum atomic E-state index is 13.8. The Morgan fingerprint density at radius 2 is 1.03 bits per heavy atom. The Bertz CT molecular complexity index is 2420. The third kappa shape index (κ3) is 7.94. The van der Waals surface area contributed by atoms with Crippen molar-refractivity contribution >= 4 is 34.8 Å². The number of carbonyl (C=O) groups excluding carboxylic acids is 4. The van der Waals surface area contributed by atoms with E-state index in [1.807, 2.05) is 22.2 Å². The summed E-state index contributed by atoms with van der Waals surface area (Å²) in [4.78, 5) is 71.9. The molecule has 4 aliphatic rings. The number of nitrogens with one attached hydrogen (secondary N) is 4. The number of fused-ring (bicyclic) bond motifs is 1. The first kappa shape index (κ1) is 39.3. The van der Waals surface area contributed by atoms with Crippen LogP contribution in [-0.2, 0) is 19.1 Å². The Morgan fingerprint density at radius 1 is 0.617 bits per heavy atom. The molecule has 6 atom stereocenters. The van der Waals surface area contributed by atoms with Crippen LogP contribution in [0.15, 0.2) is 73.1 Å². The van der Waals surface area contributed by atoms with Crippen LogP contribution in [0.2, 0.25) is 0 Å². The van der Waals surface area contributed by atoms with Gasteiger partial charge in [0, 0.05) is 18.7 Å². The average Bonchev–Trinajstić information content (AvgIpc) is 4.08. The minimum Gasteiger partial charge on any atom is -0.453 e. The van der Waals surface area contributed by atoms with Crippen LogP contribution < -0.4 is 10.6 Å². The highest BCUT2D eigenvalue weighted by atomic mass is 16.5. The van der Waals surface area contributed by atoms with E-state index in [2.05, 4.69) is 95.1 Å². The molecule has 312 valence electrons. The number of likely N-dealkylation sites (tertiary alicyclic amines) is 2. The van der Waals surface area contributed by atoms with Crippen molar-refractivity contribution in [3.63, 3.8) is 0 Å². The van der Waals surface area contributed by atoms with Crippen LogP contribution in [0.4, 0.5) is 9.59 Å². The van der Waals surface area contributed by atoms with E-state index in [9.17, 15) is 19.2 Å². The molecule has 2 saturated carbocycles. The molecule has 4 N–H and O–H groups in total. The number of amides is 4. The molecule has 2 aliphatic carbocycles. The lowest BCUT2D eigenvalue weighted by molar-refractivity contribution is -0.135. The lowest BCUT2D eigenvalue weighted by atomic mass is 9.98. The Balaban J connectivity index is 0.876. The summed E-state index contributed by atoms with van der Waals surface area (Å²) in [6.45, 7) is 5.50. The fourth-order valence-corrected chi connectivity index (χ4v) is 9.19. The van der Waals surface area contributed by atoms with Crippen LogP contribution in [-0.4, -0.2) is 93.1 Å². The van der Waals surface area contributed by atoms with Gasteiger partial charge in [0.05, 0.1) is 50.1 Å². The number of carbonyl (C=O) groups is 4. The van der Waals surface area contributed by atoms with Gasteiger partial charge in [0.15, 0.2) is 0 Å². The van der Waals surface area contributed by atoms with Crippen molar-refractivity contribution in [2.45, 2.75) is 76.5 Å². The summed E-state index contributed by atoms with van der Waals surface area (Å²) in [6, 6.07) is 19.6. The molecule has 2 aromatic heterocycles. The third-order valence-electron chi connectivity index (χ3n) is 12.7. The fraction of sp³-hybridized carbons (Fsp3) is 0.435. The standard InChI is InChI=1S/C46H52N8O6/c1-25-17-37(53(23-25)43(55)39(29-9-10-29)51-45(57)59-3)41-47-21-35(49-41)28-7-5-27(6-8-28)31-13-14-33-20-34(16-15-32(33)19-31)36-22-48-42(50-36)38-18-26(2)24-54(38)44(56)40(30-11-12-30)52-46(58)60-4/h5-8,13-16,19-22,25-26,29-30,37-40H,9-12,17-18,23-24H2,1-4H3,(H,47,49)(H,48,50)(H,51,57)(H,52,58)/t25-,26-,37-,38-,39?,40-/m0/s1. The maximum absolute atomic E-state index is 13.8. The highest BCUT2D eigenvalue weighted by Gasteiger charge is 2.46. The Labute approximate surface area is 348 Å². The molecule has 9 rings (SSSR count). The van der Waals surface area contributed by atoms with Crippen LogP contribution in [0.1, 0.15) is 76.1 Å². The lowest BCUT2D eigenvalue weighted by Crippen LogP contribution is -2.49. The van der Waals surface area contributed by atoms with E-state index in [0.717, 1.165) is 94.6 Å². The summed E-state index contributed by atoms with van der Waals surface area (Å²) in [5.41, 5.74) is 5.94. The minimum absolute atomic E-state index is 0.0768. The number of benzene rings is 3. The molecule has 14 nitrogen and oxygen atoms in total. The van der Waals surface area contributed by atoms with Crippen LogP contribution in [0.3, 0.4) is 0 Å². The molecule has 4 heterocycles. The number of alkyl carbamates (subject to hydrolysis) is 2. The predicted octanol–water partition coefficient (Wildman–Crippen LogP) is 7.38. The highest BCUT2D eigenvalue weighted by Crippen LogP contribution is 2.41. The summed E-state index contributed by atoms with van der Waals surface area (Å²) >= 11 is 0. The van der Waals surface area contributed by atoms with Crippen molar-refractivity contribution in [1.29, 1.82) is 0 Å². The molecule has 0 spiro atoms. The third-order valence-corrected chi connectivity index (χ3v) is 12.7. The van der Waals surface area contributed by atoms with Crippen LogP contribution in [0.25, 0.3) is 44.4 Å². The van der Waals surface area contributed by atoms with Gasteiger partial charge in [-0.1, -0.05) is 62.4 Å². The molecule has 60 heavy (non-hydrogen) atoms. The van der Waals surface area contributed by atoms with Crippen molar-refractivity contribution < 1.29 is 28.7 Å². The van der Waals surface area contributed by atoms with E-state index in [1.165, 1.54) is 14.2 Å². The van der Waals surface area contributed by atoms with Gasteiger partial charge in [-0.2, -0.15) is 0 Å². The molecule has 3 aromatic carbocycles. The van der Waals surface area contributed by atoms with Gasteiger partial charge in [-0.05, 0) is 102 Å². The van der Waals surface area contributed by atoms with E-state index in [4.69, 9.17) is 19.4 Å². The molecule has 4 fully saturated rings. The van der Waals surface area contributed by atoms with Crippen molar-refractivity contribution in [3.8, 4) is 33.6 Å². The molecule has 0 bridgehead atoms. The number of ether oxygens (including phenoxy) is 2. The summed E-state index contributed by atoms with van der Waals surface area (Å²) < 4.78 is 9.63. The predicted molar refractivity (Wildman–Crippen MR) is 225 cm³/mol. The first-order valence-corrected chi connectivity index (χ1v) is 21.1. The first-order chi connectivity index (χ1) is 29.1. The SMILES string of the molecule is COC(=O)NC(C(=O)N1C[C@@H](C)C[C@H]1c1ncc(-c2ccc(-c3ccc4cc(-c5cnc([C@@H]6C[C@H](C)CN6C(=O)[C@@H](NC(=O)OC)C6CC6)[nH]5)ccc4c3)cc2)[nH]1)C1CC1. The Kier molecular flexibility index (Phi) is 10.6. The molecular formula is C46H52N8O6. The first-order valence-electron chi connectivity index (χ1n) is 21.1. The number of hydrogen-bond donors (Lipinski definition) is 4. The lowest BCUT2D eigenvalue weighted by Gasteiger charge is -2.28. The fourth-order valence-electron chi connectivity index (χ4n) is 9.19. The summed E-state index contributed by atoms with van der Waals surface area (Å²) in [5, 5.41) is 7.77. The van der Waals surface area contributed by atoms with Gasteiger partial charge in [0.1, 0.15) is 23.7 Å². The Morgan fingerprint density at radius 3 is 1.50 bits per heavy atom. The number of rotatable bonds is 11. The Hall–Kier alpha value is -6.18. The molecule has 2 saturated heterocycles. The van der Waals surface area contributed by atoms with Gasteiger partial charge in [-0.15, -0.1) is 0 Å². The number of aromatic amines is 2. The zero-order chi connectivity index (χ0) is 41.7. The number of aromatic nitrogens is 4. The molecule has 5 aromatic rings. The van der Waals surface area contributed by atoms with Gasteiger partial charge in [-0.25, -0.2) is 19.6 Å². The summed E-state index contributed by atoms with van der Waals surface area (Å²) in [7, 11) is 2.63. The number of hydrogen-bond acceptors (Lipinski definition) is 8. The maximum Gasteiger partial charge on any atom is 0.407 e. The smallest absolute Gasteiger partial charge is 0.407 e. The van der Waals surface area contributed by atoms with Gasteiger partial charge in [0.2, 0.25) is 11.8 Å². The van der Waals surface area contributed by atoms with E-state index >= 15 is 0 Å². The normalized spacial score (nSPS) is 22.4. The van der Waals surface area contributed by atoms with Gasteiger partial charge >= 0.3 is 12.2 Å². The van der Waals surface area contributed by atoms with Crippen LogP contribution >= 0.6 is 0 Å². The molecular weight excluding hydrogens is 761 g/mol. The highest BCUT2D eigenvalue weighted by molar-refractivity contribution is 5.91. The summed E-state index contributed by atoms with van der Waals surface area (Å²) in [6.07, 6.45) is 7.73.